The van der Waals surface area contributed by atoms with Gasteiger partial charge in [0.2, 0.25) is 0 Å². The van der Waals surface area contributed by atoms with Gasteiger partial charge in [-0.25, -0.2) is 4.98 Å². The SMILES string of the molecule is C=CCc1ccc(OCCCCn2c(CCNC(=O)COc3cc(C)ccc3C)nc3ccccc32)c(OC)c1. The fraction of sp³-hybridized carbons (Fsp3) is 0.333. The predicted molar refractivity (Wildman–Crippen MR) is 159 cm³/mol. The van der Waals surface area contributed by atoms with Crippen LogP contribution in [0.5, 0.6) is 17.2 Å². The van der Waals surface area contributed by atoms with E-state index in [9.17, 15) is 4.79 Å². The average Bonchev–Trinajstić information content (AvgIpc) is 3.31. The molecule has 0 saturated carbocycles. The van der Waals surface area contributed by atoms with Crippen molar-refractivity contribution in [2.45, 2.75) is 46.1 Å². The molecule has 7 nitrogen and oxygen atoms in total. The lowest BCUT2D eigenvalue weighted by molar-refractivity contribution is -0.123. The third kappa shape index (κ3) is 7.65. The number of aryl methyl sites for hydroxylation is 3. The monoisotopic (exact) mass is 541 g/mol. The van der Waals surface area contributed by atoms with Gasteiger partial charge in [0.05, 0.1) is 24.8 Å². The van der Waals surface area contributed by atoms with E-state index in [4.69, 9.17) is 19.2 Å². The van der Waals surface area contributed by atoms with Crippen LogP contribution in [0, 0.1) is 13.8 Å². The molecule has 0 radical (unpaired) electrons. The number of aromatic nitrogens is 2. The summed E-state index contributed by atoms with van der Waals surface area (Å²) in [6.07, 6.45) is 5.12. The number of hydrogen-bond donors (Lipinski definition) is 1. The maximum atomic E-state index is 12.4. The molecular weight excluding hydrogens is 502 g/mol. The standard InChI is InChI=1S/C33H39N3O4/c1-5-10-26-15-16-29(31(22-26)38-4)39-20-9-8-19-36-28-12-7-6-11-27(28)35-32(36)17-18-34-33(37)23-40-30-21-24(2)13-14-25(30)3/h5-7,11-16,21-22H,1,8-10,17-20,23H2,2-4H3,(H,34,37). The maximum absolute atomic E-state index is 12.4. The topological polar surface area (TPSA) is 74.6 Å². The zero-order chi connectivity index (χ0) is 28.3. The van der Waals surface area contributed by atoms with Gasteiger partial charge >= 0.3 is 0 Å². The second-order valence-corrected chi connectivity index (χ2v) is 9.86. The van der Waals surface area contributed by atoms with Crippen molar-refractivity contribution in [1.29, 1.82) is 0 Å². The molecule has 7 heteroatoms. The van der Waals surface area contributed by atoms with E-state index in [1.807, 2.05) is 74.5 Å². The van der Waals surface area contributed by atoms with E-state index >= 15 is 0 Å². The van der Waals surface area contributed by atoms with Crippen LogP contribution in [0.4, 0.5) is 0 Å². The zero-order valence-corrected chi connectivity index (χ0v) is 23.7. The number of fused-ring (bicyclic) bond motifs is 1. The molecule has 0 bridgehead atoms. The molecule has 4 aromatic rings. The number of carbonyl (C=O) groups is 1. The summed E-state index contributed by atoms with van der Waals surface area (Å²) in [5.41, 5.74) is 5.32. The number of unbranched alkanes of at least 4 members (excludes halogenated alkanes) is 1. The van der Waals surface area contributed by atoms with Crippen LogP contribution >= 0.6 is 0 Å². The lowest BCUT2D eigenvalue weighted by Crippen LogP contribution is -2.31. The largest absolute Gasteiger partial charge is 0.493 e. The Kier molecular flexibility index (Phi) is 10.2. The summed E-state index contributed by atoms with van der Waals surface area (Å²) in [5.74, 6) is 3.04. The Labute approximate surface area is 236 Å². The summed E-state index contributed by atoms with van der Waals surface area (Å²) in [6.45, 7) is 9.66. The van der Waals surface area contributed by atoms with Crippen molar-refractivity contribution >= 4 is 16.9 Å². The lowest BCUT2D eigenvalue weighted by atomic mass is 10.1. The number of amides is 1. The minimum Gasteiger partial charge on any atom is -0.493 e. The number of allylic oxidation sites excluding steroid dienone is 1. The summed E-state index contributed by atoms with van der Waals surface area (Å²) in [4.78, 5) is 17.3. The van der Waals surface area contributed by atoms with E-state index in [1.165, 1.54) is 0 Å². The number of hydrogen-bond acceptors (Lipinski definition) is 5. The molecule has 0 saturated heterocycles. The van der Waals surface area contributed by atoms with Crippen LogP contribution in [0.1, 0.15) is 35.4 Å². The summed E-state index contributed by atoms with van der Waals surface area (Å²) < 4.78 is 19.5. The van der Waals surface area contributed by atoms with Crippen molar-refractivity contribution in [2.75, 3.05) is 26.9 Å². The van der Waals surface area contributed by atoms with Crippen LogP contribution in [0.15, 0.2) is 73.3 Å². The quantitative estimate of drug-likeness (QED) is 0.148. The van der Waals surface area contributed by atoms with Crippen molar-refractivity contribution in [3.8, 4) is 17.2 Å². The smallest absolute Gasteiger partial charge is 0.257 e. The summed E-state index contributed by atoms with van der Waals surface area (Å²) in [6, 6.07) is 20.1. The van der Waals surface area contributed by atoms with Crippen LogP contribution in [0.2, 0.25) is 0 Å². The van der Waals surface area contributed by atoms with Crippen molar-refractivity contribution in [3.63, 3.8) is 0 Å². The van der Waals surface area contributed by atoms with Crippen LogP contribution in [-0.2, 0) is 24.2 Å². The normalized spacial score (nSPS) is 10.9. The number of ether oxygens (including phenoxy) is 3. The van der Waals surface area contributed by atoms with Crippen molar-refractivity contribution in [1.82, 2.24) is 14.9 Å². The first-order valence-corrected chi connectivity index (χ1v) is 13.8. The summed E-state index contributed by atoms with van der Waals surface area (Å²) >= 11 is 0. The predicted octanol–water partition coefficient (Wildman–Crippen LogP) is 5.99. The summed E-state index contributed by atoms with van der Waals surface area (Å²) in [7, 11) is 1.66. The Balaban J connectivity index is 1.28. The molecule has 210 valence electrons. The van der Waals surface area contributed by atoms with Gasteiger partial charge in [0.15, 0.2) is 18.1 Å². The molecule has 0 unspecified atom stereocenters. The first kappa shape index (κ1) is 28.7. The van der Waals surface area contributed by atoms with E-state index in [-0.39, 0.29) is 12.5 Å². The Hall–Kier alpha value is -4.26. The molecule has 3 aromatic carbocycles. The van der Waals surface area contributed by atoms with Crippen LogP contribution in [0.25, 0.3) is 11.0 Å². The van der Waals surface area contributed by atoms with Crippen molar-refractivity contribution in [2.24, 2.45) is 0 Å². The van der Waals surface area contributed by atoms with E-state index in [2.05, 4.69) is 22.5 Å². The zero-order valence-electron chi connectivity index (χ0n) is 23.7. The molecule has 1 amide bonds. The van der Waals surface area contributed by atoms with Gasteiger partial charge in [-0.15, -0.1) is 6.58 Å². The van der Waals surface area contributed by atoms with Gasteiger partial charge in [0, 0.05) is 19.5 Å². The molecule has 4 rings (SSSR count). The number of benzene rings is 3. The van der Waals surface area contributed by atoms with E-state index in [0.717, 1.165) is 76.6 Å². The van der Waals surface area contributed by atoms with Gasteiger partial charge in [-0.2, -0.15) is 0 Å². The van der Waals surface area contributed by atoms with Gasteiger partial charge in [0.25, 0.3) is 5.91 Å². The molecule has 0 fully saturated rings. The van der Waals surface area contributed by atoms with Gasteiger partial charge in [-0.05, 0) is 80.1 Å². The first-order chi connectivity index (χ1) is 19.5. The van der Waals surface area contributed by atoms with Crippen LogP contribution in [-0.4, -0.2) is 42.3 Å². The van der Waals surface area contributed by atoms with Crippen molar-refractivity contribution in [3.05, 3.63) is 95.8 Å². The van der Waals surface area contributed by atoms with E-state index in [0.29, 0.717) is 19.6 Å². The molecule has 1 aromatic heterocycles. The highest BCUT2D eigenvalue weighted by Crippen LogP contribution is 2.28. The number of nitrogens with zero attached hydrogens (tertiary/aromatic N) is 2. The molecule has 0 aliphatic carbocycles. The van der Waals surface area contributed by atoms with Gasteiger partial charge < -0.3 is 24.1 Å². The molecule has 1 heterocycles. The molecule has 0 atom stereocenters. The Morgan fingerprint density at radius 2 is 1.85 bits per heavy atom. The molecule has 1 N–H and O–H groups in total. The highest BCUT2D eigenvalue weighted by Gasteiger charge is 2.12. The van der Waals surface area contributed by atoms with E-state index < -0.39 is 0 Å². The number of imidazole rings is 1. The minimum absolute atomic E-state index is 0.0114. The van der Waals surface area contributed by atoms with Crippen LogP contribution < -0.4 is 19.5 Å². The molecule has 0 spiro atoms. The third-order valence-corrected chi connectivity index (χ3v) is 6.75. The highest BCUT2D eigenvalue weighted by molar-refractivity contribution is 5.78. The number of para-hydroxylation sites is 2. The Morgan fingerprint density at radius 3 is 2.67 bits per heavy atom. The van der Waals surface area contributed by atoms with E-state index in [1.54, 1.807) is 7.11 Å². The second kappa shape index (κ2) is 14.2. The van der Waals surface area contributed by atoms with Crippen molar-refractivity contribution < 1.29 is 19.0 Å². The van der Waals surface area contributed by atoms with Gasteiger partial charge in [0.1, 0.15) is 11.6 Å². The molecule has 0 aliphatic rings. The van der Waals surface area contributed by atoms with Crippen LogP contribution in [0.3, 0.4) is 0 Å². The molecule has 40 heavy (non-hydrogen) atoms. The Morgan fingerprint density at radius 1 is 1.00 bits per heavy atom. The molecular formula is C33H39N3O4. The fourth-order valence-electron chi connectivity index (χ4n) is 4.62. The maximum Gasteiger partial charge on any atom is 0.257 e. The number of methoxy groups -OCH3 is 1. The number of carbonyl (C=O) groups excluding carboxylic acids is 1. The summed E-state index contributed by atoms with van der Waals surface area (Å²) in [5, 5.41) is 2.97. The highest BCUT2D eigenvalue weighted by atomic mass is 16.5. The second-order valence-electron chi connectivity index (χ2n) is 9.86. The first-order valence-electron chi connectivity index (χ1n) is 13.8. The van der Waals surface area contributed by atoms with Gasteiger partial charge in [-0.3, -0.25) is 4.79 Å². The minimum atomic E-state index is -0.145. The lowest BCUT2D eigenvalue weighted by Gasteiger charge is -2.13. The Bertz CT molecular complexity index is 1440. The number of nitrogens with one attached hydrogen (secondary N) is 1. The third-order valence-electron chi connectivity index (χ3n) is 6.75. The van der Waals surface area contributed by atoms with Gasteiger partial charge in [-0.1, -0.05) is 36.4 Å². The number of rotatable bonds is 15. The molecule has 0 aliphatic heterocycles. The average molecular weight is 542 g/mol. The fourth-order valence-corrected chi connectivity index (χ4v) is 4.62.